The molecule has 3 rings (SSSR count). The minimum absolute atomic E-state index is 0.238. The van der Waals surface area contributed by atoms with Crippen molar-refractivity contribution < 1.29 is 4.79 Å². The lowest BCUT2D eigenvalue weighted by Gasteiger charge is -2.22. The van der Waals surface area contributed by atoms with Gasteiger partial charge in [0.25, 0.3) is 0 Å². The molecule has 0 spiro atoms. The minimum atomic E-state index is 0.238. The Kier molecular flexibility index (Phi) is 4.09. The van der Waals surface area contributed by atoms with Crippen LogP contribution in [0.25, 0.3) is 0 Å². The topological polar surface area (TPSA) is 29.1 Å². The normalized spacial score (nSPS) is 27.8. The van der Waals surface area contributed by atoms with Gasteiger partial charge in [0.2, 0.25) is 5.91 Å². The average molecular weight is 271 g/mol. The summed E-state index contributed by atoms with van der Waals surface area (Å²) in [4.78, 5) is 12.1. The second-order valence-corrected chi connectivity index (χ2v) is 6.52. The molecule has 1 amide bonds. The molecule has 0 saturated heterocycles. The van der Waals surface area contributed by atoms with Gasteiger partial charge in [-0.05, 0) is 55.1 Å². The highest BCUT2D eigenvalue weighted by Crippen LogP contribution is 2.44. The van der Waals surface area contributed by atoms with Gasteiger partial charge in [0.05, 0.1) is 0 Å². The molecule has 2 aliphatic rings. The maximum absolute atomic E-state index is 12.1. The fraction of sp³-hybridized carbons (Fsp3) is 0.611. The van der Waals surface area contributed by atoms with Crippen molar-refractivity contribution in [1.82, 2.24) is 5.32 Å². The molecule has 2 saturated carbocycles. The SMILES string of the molecule is CCc1ccc(CCC(=O)N[C@@H]2C[C@@H]3CC[C@@H]2C3)cc1. The van der Waals surface area contributed by atoms with Crippen LogP contribution in [0.2, 0.25) is 0 Å². The van der Waals surface area contributed by atoms with Crippen molar-refractivity contribution in [2.45, 2.75) is 57.9 Å². The summed E-state index contributed by atoms with van der Waals surface area (Å²) < 4.78 is 0. The molecular weight excluding hydrogens is 246 g/mol. The standard InChI is InChI=1S/C18H25NO/c1-2-13-3-5-14(6-4-13)8-10-18(20)19-17-12-15-7-9-16(17)11-15/h3-6,15-17H,2,7-12H2,1H3,(H,19,20)/t15-,16-,17-/m1/s1. The van der Waals surface area contributed by atoms with Crippen molar-refractivity contribution in [3.05, 3.63) is 35.4 Å². The molecule has 3 atom stereocenters. The van der Waals surface area contributed by atoms with Crippen molar-refractivity contribution in [3.63, 3.8) is 0 Å². The van der Waals surface area contributed by atoms with E-state index in [0.29, 0.717) is 12.5 Å². The minimum Gasteiger partial charge on any atom is -0.353 e. The highest BCUT2D eigenvalue weighted by Gasteiger charge is 2.39. The predicted molar refractivity (Wildman–Crippen MR) is 81.5 cm³/mol. The summed E-state index contributed by atoms with van der Waals surface area (Å²) >= 11 is 0. The third-order valence-corrected chi connectivity index (χ3v) is 5.16. The van der Waals surface area contributed by atoms with Gasteiger partial charge in [-0.1, -0.05) is 37.6 Å². The Balaban J connectivity index is 1.44. The first-order valence-corrected chi connectivity index (χ1v) is 8.11. The van der Waals surface area contributed by atoms with Crippen LogP contribution in [0.4, 0.5) is 0 Å². The van der Waals surface area contributed by atoms with Crippen LogP contribution in [-0.4, -0.2) is 11.9 Å². The van der Waals surface area contributed by atoms with Crippen LogP contribution in [0.5, 0.6) is 0 Å². The molecule has 2 heteroatoms. The molecule has 2 fully saturated rings. The first-order chi connectivity index (χ1) is 9.74. The van der Waals surface area contributed by atoms with Crippen LogP contribution in [-0.2, 0) is 17.6 Å². The van der Waals surface area contributed by atoms with Gasteiger partial charge in [0, 0.05) is 12.5 Å². The molecule has 0 heterocycles. The van der Waals surface area contributed by atoms with E-state index < -0.39 is 0 Å². The quantitative estimate of drug-likeness (QED) is 0.872. The number of carbonyl (C=O) groups excluding carboxylic acids is 1. The third-order valence-electron chi connectivity index (χ3n) is 5.16. The van der Waals surface area contributed by atoms with Gasteiger partial charge in [-0.15, -0.1) is 0 Å². The Bertz CT molecular complexity index is 465. The van der Waals surface area contributed by atoms with E-state index in [1.54, 1.807) is 0 Å². The van der Waals surface area contributed by atoms with Gasteiger partial charge in [-0.3, -0.25) is 4.79 Å². The Morgan fingerprint density at radius 3 is 2.50 bits per heavy atom. The summed E-state index contributed by atoms with van der Waals surface area (Å²) in [6.45, 7) is 2.16. The van der Waals surface area contributed by atoms with E-state index in [2.05, 4.69) is 36.5 Å². The zero-order valence-corrected chi connectivity index (χ0v) is 12.4. The molecule has 1 aromatic rings. The molecule has 2 bridgehead atoms. The van der Waals surface area contributed by atoms with E-state index in [1.807, 2.05) is 0 Å². The van der Waals surface area contributed by atoms with E-state index in [9.17, 15) is 4.79 Å². The molecule has 0 aliphatic heterocycles. The molecule has 1 aromatic carbocycles. The summed E-state index contributed by atoms with van der Waals surface area (Å²) in [6.07, 6.45) is 7.85. The van der Waals surface area contributed by atoms with Gasteiger partial charge < -0.3 is 5.32 Å². The average Bonchev–Trinajstić information content (AvgIpc) is 3.08. The number of nitrogens with one attached hydrogen (secondary N) is 1. The first kappa shape index (κ1) is 13.7. The van der Waals surface area contributed by atoms with Crippen molar-refractivity contribution in [2.75, 3.05) is 0 Å². The summed E-state index contributed by atoms with van der Waals surface area (Å²) in [5.41, 5.74) is 2.63. The zero-order chi connectivity index (χ0) is 13.9. The van der Waals surface area contributed by atoms with Crippen LogP contribution in [0.3, 0.4) is 0 Å². The summed E-state index contributed by atoms with van der Waals surface area (Å²) in [5, 5.41) is 3.26. The summed E-state index contributed by atoms with van der Waals surface area (Å²) in [7, 11) is 0. The molecule has 0 radical (unpaired) electrons. The molecule has 2 nitrogen and oxygen atoms in total. The lowest BCUT2D eigenvalue weighted by Crippen LogP contribution is -2.38. The number of hydrogen-bond acceptors (Lipinski definition) is 1. The smallest absolute Gasteiger partial charge is 0.220 e. The Morgan fingerprint density at radius 2 is 1.90 bits per heavy atom. The Hall–Kier alpha value is -1.31. The second-order valence-electron chi connectivity index (χ2n) is 6.52. The maximum atomic E-state index is 12.1. The molecule has 108 valence electrons. The number of carbonyl (C=O) groups is 1. The highest BCUT2D eigenvalue weighted by atomic mass is 16.1. The van der Waals surface area contributed by atoms with E-state index in [-0.39, 0.29) is 5.91 Å². The van der Waals surface area contributed by atoms with Crippen LogP contribution < -0.4 is 5.32 Å². The Labute approximate surface area is 122 Å². The van der Waals surface area contributed by atoms with Crippen molar-refractivity contribution in [3.8, 4) is 0 Å². The molecular formula is C18H25NO. The number of aryl methyl sites for hydroxylation is 2. The fourth-order valence-electron chi connectivity index (χ4n) is 3.90. The number of amides is 1. The number of rotatable bonds is 5. The van der Waals surface area contributed by atoms with Crippen molar-refractivity contribution in [2.24, 2.45) is 11.8 Å². The zero-order valence-electron chi connectivity index (χ0n) is 12.4. The third kappa shape index (κ3) is 3.05. The van der Waals surface area contributed by atoms with Crippen LogP contribution >= 0.6 is 0 Å². The second kappa shape index (κ2) is 5.99. The van der Waals surface area contributed by atoms with Gasteiger partial charge in [0.1, 0.15) is 0 Å². The first-order valence-electron chi connectivity index (χ1n) is 8.11. The lowest BCUT2D eigenvalue weighted by molar-refractivity contribution is -0.122. The number of benzene rings is 1. The number of fused-ring (bicyclic) bond motifs is 2. The molecule has 1 N–H and O–H groups in total. The van der Waals surface area contributed by atoms with Crippen LogP contribution in [0.15, 0.2) is 24.3 Å². The molecule has 2 aliphatic carbocycles. The van der Waals surface area contributed by atoms with E-state index >= 15 is 0 Å². The molecule has 20 heavy (non-hydrogen) atoms. The van der Waals surface area contributed by atoms with Gasteiger partial charge in [0.15, 0.2) is 0 Å². The Morgan fingerprint density at radius 1 is 1.15 bits per heavy atom. The fourth-order valence-corrected chi connectivity index (χ4v) is 3.90. The predicted octanol–water partition coefficient (Wildman–Crippen LogP) is 3.49. The number of hydrogen-bond donors (Lipinski definition) is 1. The van der Waals surface area contributed by atoms with E-state index in [0.717, 1.165) is 24.7 Å². The summed E-state index contributed by atoms with van der Waals surface area (Å²) in [5.74, 6) is 1.90. The van der Waals surface area contributed by atoms with Crippen molar-refractivity contribution in [1.29, 1.82) is 0 Å². The van der Waals surface area contributed by atoms with E-state index in [4.69, 9.17) is 0 Å². The molecule has 0 aromatic heterocycles. The van der Waals surface area contributed by atoms with Crippen molar-refractivity contribution >= 4 is 5.91 Å². The van der Waals surface area contributed by atoms with Crippen LogP contribution in [0, 0.1) is 11.8 Å². The van der Waals surface area contributed by atoms with Crippen LogP contribution in [0.1, 0.15) is 50.2 Å². The summed E-state index contributed by atoms with van der Waals surface area (Å²) in [6, 6.07) is 9.13. The van der Waals surface area contributed by atoms with Gasteiger partial charge >= 0.3 is 0 Å². The molecule has 0 unspecified atom stereocenters. The lowest BCUT2D eigenvalue weighted by atomic mass is 9.95. The van der Waals surface area contributed by atoms with Gasteiger partial charge in [-0.2, -0.15) is 0 Å². The maximum Gasteiger partial charge on any atom is 0.220 e. The largest absolute Gasteiger partial charge is 0.353 e. The monoisotopic (exact) mass is 271 g/mol. The van der Waals surface area contributed by atoms with Gasteiger partial charge in [-0.25, -0.2) is 0 Å². The van der Waals surface area contributed by atoms with E-state index in [1.165, 1.54) is 36.8 Å². The highest BCUT2D eigenvalue weighted by molar-refractivity contribution is 5.76.